The van der Waals surface area contributed by atoms with Crippen LogP contribution in [0.2, 0.25) is 0 Å². The first-order valence-electron chi connectivity index (χ1n) is 11.3. The molecule has 0 aliphatic rings. The van der Waals surface area contributed by atoms with Gasteiger partial charge in [0.2, 0.25) is 5.95 Å². The molecular formula is C25H29N7O2S. The van der Waals surface area contributed by atoms with Gasteiger partial charge in [0.05, 0.1) is 11.4 Å². The maximum atomic E-state index is 13.0. The van der Waals surface area contributed by atoms with Gasteiger partial charge in [-0.15, -0.1) is 0 Å². The quantitative estimate of drug-likeness (QED) is 0.310. The smallest absolute Gasteiger partial charge is 0.265 e. The van der Waals surface area contributed by atoms with Crippen molar-refractivity contribution in [3.8, 4) is 0 Å². The number of hydrogen-bond acceptors (Lipinski definition) is 7. The molecule has 0 bridgehead atoms. The van der Waals surface area contributed by atoms with E-state index in [0.29, 0.717) is 35.4 Å². The van der Waals surface area contributed by atoms with Gasteiger partial charge in [-0.25, -0.2) is 13.4 Å². The normalized spacial score (nSPS) is 11.3. The molecule has 3 N–H and O–H groups in total. The third kappa shape index (κ3) is 5.60. The van der Waals surface area contributed by atoms with Gasteiger partial charge in [-0.05, 0) is 71.0 Å². The molecule has 0 aliphatic heterocycles. The minimum atomic E-state index is -3.77. The molecular weight excluding hydrogens is 462 g/mol. The van der Waals surface area contributed by atoms with E-state index in [2.05, 4.69) is 30.4 Å². The first-order chi connectivity index (χ1) is 16.6. The molecule has 4 aromatic rings. The predicted octanol–water partition coefficient (Wildman–Crippen LogP) is 5.21. The number of anilines is 5. The zero-order valence-corrected chi connectivity index (χ0v) is 21.2. The van der Waals surface area contributed by atoms with Gasteiger partial charge in [0.1, 0.15) is 10.7 Å². The van der Waals surface area contributed by atoms with Gasteiger partial charge in [0, 0.05) is 35.4 Å². The first-order valence-corrected chi connectivity index (χ1v) is 12.8. The number of nitrogens with one attached hydrogen (secondary N) is 3. The minimum absolute atomic E-state index is 0.211. The van der Waals surface area contributed by atoms with Crippen LogP contribution in [0, 0.1) is 27.7 Å². The summed E-state index contributed by atoms with van der Waals surface area (Å²) < 4.78 is 30.3. The maximum Gasteiger partial charge on any atom is 0.265 e. The van der Waals surface area contributed by atoms with E-state index in [1.165, 1.54) is 5.56 Å². The number of sulfonamides is 1. The summed E-state index contributed by atoms with van der Waals surface area (Å²) >= 11 is 0. The second-order valence-corrected chi connectivity index (χ2v) is 9.95. The fourth-order valence-electron chi connectivity index (χ4n) is 3.81. The molecule has 2 aromatic heterocycles. The molecule has 0 amide bonds. The zero-order chi connectivity index (χ0) is 25.2. The highest BCUT2D eigenvalue weighted by molar-refractivity contribution is 7.92. The molecule has 182 valence electrons. The van der Waals surface area contributed by atoms with E-state index in [9.17, 15) is 8.42 Å². The summed E-state index contributed by atoms with van der Waals surface area (Å²) in [6, 6.07) is 16.8. The van der Waals surface area contributed by atoms with Crippen molar-refractivity contribution in [1.82, 2.24) is 19.7 Å². The Balaban J connectivity index is 1.48. The Bertz CT molecular complexity index is 1440. The van der Waals surface area contributed by atoms with Crippen molar-refractivity contribution >= 4 is 38.9 Å². The minimum Gasteiger partial charge on any atom is -0.340 e. The molecule has 35 heavy (non-hydrogen) atoms. The first kappa shape index (κ1) is 24.2. The highest BCUT2D eigenvalue weighted by Gasteiger charge is 2.24. The molecule has 2 heterocycles. The van der Waals surface area contributed by atoms with Gasteiger partial charge in [-0.1, -0.05) is 17.7 Å². The van der Waals surface area contributed by atoms with Crippen molar-refractivity contribution in [1.29, 1.82) is 0 Å². The van der Waals surface area contributed by atoms with Crippen molar-refractivity contribution in [2.45, 2.75) is 46.1 Å². The van der Waals surface area contributed by atoms with Crippen LogP contribution in [0.5, 0.6) is 0 Å². The van der Waals surface area contributed by atoms with E-state index < -0.39 is 10.0 Å². The van der Waals surface area contributed by atoms with E-state index in [-0.39, 0.29) is 4.90 Å². The van der Waals surface area contributed by atoms with Crippen LogP contribution in [0.4, 0.5) is 28.8 Å². The Hall–Kier alpha value is -3.92. The molecule has 2 aromatic carbocycles. The third-order valence-corrected chi connectivity index (χ3v) is 7.09. The van der Waals surface area contributed by atoms with E-state index in [1.54, 1.807) is 42.8 Å². The van der Waals surface area contributed by atoms with Crippen LogP contribution in [0.1, 0.15) is 29.6 Å². The molecule has 0 aliphatic carbocycles. The number of hydrogen-bond donors (Lipinski definition) is 3. The molecule has 0 unspecified atom stereocenters. The highest BCUT2D eigenvalue weighted by atomic mass is 32.2. The zero-order valence-electron chi connectivity index (χ0n) is 20.4. The number of nitrogens with zero attached hydrogens (tertiary/aromatic N) is 4. The second kappa shape index (κ2) is 9.75. The van der Waals surface area contributed by atoms with Crippen molar-refractivity contribution in [2.24, 2.45) is 0 Å². The van der Waals surface area contributed by atoms with E-state index in [0.717, 1.165) is 17.1 Å². The average molecular weight is 492 g/mol. The van der Waals surface area contributed by atoms with Crippen LogP contribution in [0.15, 0.2) is 59.5 Å². The van der Waals surface area contributed by atoms with Gasteiger partial charge in [0.15, 0.2) is 0 Å². The lowest BCUT2D eigenvalue weighted by Crippen LogP contribution is -2.15. The maximum absolute atomic E-state index is 13.0. The molecule has 9 nitrogen and oxygen atoms in total. The average Bonchev–Trinajstić information content (AvgIpc) is 3.10. The summed E-state index contributed by atoms with van der Waals surface area (Å²) in [6.45, 7) is 9.93. The number of aromatic nitrogens is 4. The SMILES string of the molecule is CCn1nc(C)c(S(=O)(=O)Nc2ccc(Nc3nc(C)cc(Nc4ccc(C)cc4)n3)cc2)c1C. The third-order valence-electron chi connectivity index (χ3n) is 5.45. The van der Waals surface area contributed by atoms with Gasteiger partial charge in [0.25, 0.3) is 10.0 Å². The van der Waals surface area contributed by atoms with Gasteiger partial charge < -0.3 is 10.6 Å². The fourth-order valence-corrected chi connectivity index (χ4v) is 5.28. The van der Waals surface area contributed by atoms with Crippen LogP contribution >= 0.6 is 0 Å². The summed E-state index contributed by atoms with van der Waals surface area (Å²) in [5, 5.41) is 10.8. The summed E-state index contributed by atoms with van der Waals surface area (Å²) in [5.41, 5.74) is 5.19. The van der Waals surface area contributed by atoms with Crippen LogP contribution in [-0.2, 0) is 16.6 Å². The standard InChI is InChI=1S/C25H29N7O2S/c1-6-32-19(5)24(18(4)30-32)35(33,34)31-22-13-11-21(12-14-22)28-25-26-17(3)15-23(29-25)27-20-9-7-16(2)8-10-20/h7-15,31H,6H2,1-5H3,(H2,26,27,28,29). The molecule has 0 spiro atoms. The lowest BCUT2D eigenvalue weighted by Gasteiger charge is -2.12. The highest BCUT2D eigenvalue weighted by Crippen LogP contribution is 2.25. The summed E-state index contributed by atoms with van der Waals surface area (Å²) in [4.78, 5) is 9.21. The predicted molar refractivity (Wildman–Crippen MR) is 139 cm³/mol. The Morgan fingerprint density at radius 3 is 2.06 bits per heavy atom. The van der Waals surface area contributed by atoms with Crippen LogP contribution in [-0.4, -0.2) is 28.2 Å². The van der Waals surface area contributed by atoms with Crippen molar-refractivity contribution < 1.29 is 8.42 Å². The van der Waals surface area contributed by atoms with Crippen LogP contribution in [0.3, 0.4) is 0 Å². The fraction of sp³-hybridized carbons (Fsp3) is 0.240. The van der Waals surface area contributed by atoms with Gasteiger partial charge >= 0.3 is 0 Å². The topological polar surface area (TPSA) is 114 Å². The van der Waals surface area contributed by atoms with E-state index in [1.807, 2.05) is 51.1 Å². The molecule has 0 saturated carbocycles. The van der Waals surface area contributed by atoms with Gasteiger partial charge in [-0.2, -0.15) is 10.1 Å². The van der Waals surface area contributed by atoms with Crippen LogP contribution in [0.25, 0.3) is 0 Å². The summed E-state index contributed by atoms with van der Waals surface area (Å²) in [6.07, 6.45) is 0. The molecule has 0 fully saturated rings. The lowest BCUT2D eigenvalue weighted by atomic mass is 10.2. The summed E-state index contributed by atoms with van der Waals surface area (Å²) in [5.74, 6) is 1.11. The number of rotatable bonds is 8. The van der Waals surface area contributed by atoms with Crippen molar-refractivity contribution in [3.05, 3.63) is 77.2 Å². The molecule has 0 atom stereocenters. The molecule has 0 saturated heterocycles. The lowest BCUT2D eigenvalue weighted by molar-refractivity contribution is 0.598. The number of aryl methyl sites for hydroxylation is 4. The van der Waals surface area contributed by atoms with Crippen molar-refractivity contribution in [2.75, 3.05) is 15.4 Å². The van der Waals surface area contributed by atoms with E-state index >= 15 is 0 Å². The monoisotopic (exact) mass is 491 g/mol. The Morgan fingerprint density at radius 2 is 1.43 bits per heavy atom. The Labute approximate surface area is 205 Å². The van der Waals surface area contributed by atoms with Crippen molar-refractivity contribution in [3.63, 3.8) is 0 Å². The summed E-state index contributed by atoms with van der Waals surface area (Å²) in [7, 11) is -3.77. The second-order valence-electron chi connectivity index (χ2n) is 8.33. The molecule has 0 radical (unpaired) electrons. The van der Waals surface area contributed by atoms with Crippen LogP contribution < -0.4 is 15.4 Å². The Morgan fingerprint density at radius 1 is 0.829 bits per heavy atom. The molecule has 10 heteroatoms. The van der Waals surface area contributed by atoms with Gasteiger partial charge in [-0.3, -0.25) is 9.40 Å². The van der Waals surface area contributed by atoms with E-state index in [4.69, 9.17) is 0 Å². The molecule has 4 rings (SSSR count). The largest absolute Gasteiger partial charge is 0.340 e. The Kier molecular flexibility index (Phi) is 6.74. The number of benzene rings is 2.